The number of nitrogens with one attached hydrogen (secondary N) is 1. The van der Waals surface area contributed by atoms with E-state index in [-0.39, 0.29) is 5.91 Å². The van der Waals surface area contributed by atoms with E-state index in [4.69, 9.17) is 9.47 Å². The predicted molar refractivity (Wildman–Crippen MR) is 86.1 cm³/mol. The molecule has 0 saturated heterocycles. The van der Waals surface area contributed by atoms with Gasteiger partial charge in [-0.3, -0.25) is 4.79 Å². The van der Waals surface area contributed by atoms with Gasteiger partial charge in [-0.1, -0.05) is 18.2 Å². The van der Waals surface area contributed by atoms with Crippen LogP contribution in [0.15, 0.2) is 35.7 Å². The molecule has 6 heteroatoms. The van der Waals surface area contributed by atoms with Crippen molar-refractivity contribution in [3.05, 3.63) is 46.4 Å². The Morgan fingerprint density at radius 1 is 1.32 bits per heavy atom. The molecule has 0 aliphatic rings. The molecule has 0 saturated carbocycles. The van der Waals surface area contributed by atoms with E-state index in [9.17, 15) is 4.79 Å². The van der Waals surface area contributed by atoms with E-state index in [1.807, 2.05) is 35.7 Å². The van der Waals surface area contributed by atoms with Crippen molar-refractivity contribution >= 4 is 17.2 Å². The molecule has 2 aromatic rings. The first-order valence-electron chi connectivity index (χ1n) is 7.14. The number of nitrogens with zero attached hydrogens (tertiary/aromatic N) is 1. The topological polar surface area (TPSA) is 60.5 Å². The zero-order valence-corrected chi connectivity index (χ0v) is 13.4. The molecule has 1 amide bonds. The molecule has 0 unspecified atom stereocenters. The highest BCUT2D eigenvalue weighted by Crippen LogP contribution is 2.11. The molecule has 1 aromatic heterocycles. The summed E-state index contributed by atoms with van der Waals surface area (Å²) in [4.78, 5) is 16.1. The van der Waals surface area contributed by atoms with E-state index in [0.717, 1.165) is 22.9 Å². The molecule has 0 fully saturated rings. The summed E-state index contributed by atoms with van der Waals surface area (Å²) >= 11 is 1.58. The number of aromatic nitrogens is 1. The Morgan fingerprint density at radius 2 is 2.14 bits per heavy atom. The fourth-order valence-electron chi connectivity index (χ4n) is 1.85. The standard InChI is InChI=1S/C16H20N2O3S/c1-20-11-16-18-13(12-22-16)7-9-17-15(19)8-10-21-14-5-3-2-4-6-14/h2-6,12H,7-11H2,1H3,(H,17,19). The number of hydrogen-bond acceptors (Lipinski definition) is 5. The van der Waals surface area contributed by atoms with Crippen LogP contribution in [0.1, 0.15) is 17.1 Å². The van der Waals surface area contributed by atoms with Gasteiger partial charge in [-0.15, -0.1) is 11.3 Å². The maximum absolute atomic E-state index is 11.7. The summed E-state index contributed by atoms with van der Waals surface area (Å²) < 4.78 is 10.5. The highest BCUT2D eigenvalue weighted by atomic mass is 32.1. The average Bonchev–Trinajstić information content (AvgIpc) is 2.96. The number of amides is 1. The fourth-order valence-corrected chi connectivity index (χ4v) is 2.65. The lowest BCUT2D eigenvalue weighted by molar-refractivity contribution is -0.121. The Labute approximate surface area is 134 Å². The molecule has 22 heavy (non-hydrogen) atoms. The van der Waals surface area contributed by atoms with E-state index in [0.29, 0.717) is 26.2 Å². The van der Waals surface area contributed by atoms with Crippen molar-refractivity contribution in [1.82, 2.24) is 10.3 Å². The van der Waals surface area contributed by atoms with Crippen molar-refractivity contribution in [3.63, 3.8) is 0 Å². The van der Waals surface area contributed by atoms with Crippen molar-refractivity contribution in [2.45, 2.75) is 19.4 Å². The minimum atomic E-state index is -0.0109. The van der Waals surface area contributed by atoms with Gasteiger partial charge >= 0.3 is 0 Å². The monoisotopic (exact) mass is 320 g/mol. The Morgan fingerprint density at radius 3 is 2.91 bits per heavy atom. The molecular weight excluding hydrogens is 300 g/mol. The first-order valence-corrected chi connectivity index (χ1v) is 8.02. The number of methoxy groups -OCH3 is 1. The van der Waals surface area contributed by atoms with E-state index >= 15 is 0 Å². The fraction of sp³-hybridized carbons (Fsp3) is 0.375. The van der Waals surface area contributed by atoms with Crippen LogP contribution in [-0.2, 0) is 22.6 Å². The first kappa shape index (κ1) is 16.5. The minimum absolute atomic E-state index is 0.0109. The van der Waals surface area contributed by atoms with Crippen LogP contribution in [-0.4, -0.2) is 31.2 Å². The molecular formula is C16H20N2O3S. The number of carbonyl (C=O) groups excluding carboxylic acids is 1. The SMILES string of the molecule is COCc1nc(CCNC(=O)CCOc2ccccc2)cs1. The smallest absolute Gasteiger partial charge is 0.223 e. The Kier molecular flexibility index (Phi) is 6.86. The molecule has 0 radical (unpaired) electrons. The molecule has 1 heterocycles. The van der Waals surface area contributed by atoms with E-state index in [2.05, 4.69) is 10.3 Å². The van der Waals surface area contributed by atoms with Gasteiger partial charge in [0.15, 0.2) is 0 Å². The van der Waals surface area contributed by atoms with Crippen molar-refractivity contribution in [2.75, 3.05) is 20.3 Å². The van der Waals surface area contributed by atoms with Crippen LogP contribution in [0.2, 0.25) is 0 Å². The van der Waals surface area contributed by atoms with Crippen LogP contribution in [0.3, 0.4) is 0 Å². The second-order valence-electron chi connectivity index (χ2n) is 4.68. The summed E-state index contributed by atoms with van der Waals surface area (Å²) in [5.41, 5.74) is 0.984. The van der Waals surface area contributed by atoms with Crippen LogP contribution in [0.4, 0.5) is 0 Å². The summed E-state index contributed by atoms with van der Waals surface area (Å²) in [6.45, 7) is 1.50. The lowest BCUT2D eigenvalue weighted by atomic mass is 10.3. The molecule has 5 nitrogen and oxygen atoms in total. The van der Waals surface area contributed by atoms with Gasteiger partial charge in [-0.05, 0) is 12.1 Å². The highest BCUT2D eigenvalue weighted by molar-refractivity contribution is 7.09. The number of para-hydroxylation sites is 1. The van der Waals surface area contributed by atoms with Gasteiger partial charge in [-0.25, -0.2) is 4.98 Å². The second-order valence-corrected chi connectivity index (χ2v) is 5.62. The van der Waals surface area contributed by atoms with Gasteiger partial charge in [0.25, 0.3) is 0 Å². The van der Waals surface area contributed by atoms with Gasteiger partial charge in [-0.2, -0.15) is 0 Å². The van der Waals surface area contributed by atoms with Gasteiger partial charge in [0.1, 0.15) is 10.8 Å². The van der Waals surface area contributed by atoms with Crippen molar-refractivity contribution in [2.24, 2.45) is 0 Å². The summed E-state index contributed by atoms with van der Waals surface area (Å²) in [6.07, 6.45) is 1.08. The first-order chi connectivity index (χ1) is 10.8. The maximum Gasteiger partial charge on any atom is 0.223 e. The van der Waals surface area contributed by atoms with Crippen molar-refractivity contribution in [1.29, 1.82) is 0 Å². The molecule has 2 rings (SSSR count). The molecule has 0 aliphatic carbocycles. The second kappa shape index (κ2) is 9.17. The van der Waals surface area contributed by atoms with Crippen molar-refractivity contribution < 1.29 is 14.3 Å². The Bertz CT molecular complexity index is 572. The lowest BCUT2D eigenvalue weighted by Gasteiger charge is -2.06. The Balaban J connectivity index is 1.59. The number of benzene rings is 1. The summed E-state index contributed by atoms with van der Waals surface area (Å²) in [6, 6.07) is 9.48. The number of carbonyl (C=O) groups is 1. The van der Waals surface area contributed by atoms with Crippen LogP contribution in [0, 0.1) is 0 Å². The largest absolute Gasteiger partial charge is 0.493 e. The summed E-state index contributed by atoms with van der Waals surface area (Å²) in [7, 11) is 1.65. The van der Waals surface area contributed by atoms with Crippen LogP contribution >= 0.6 is 11.3 Å². The zero-order chi connectivity index (χ0) is 15.6. The van der Waals surface area contributed by atoms with E-state index < -0.39 is 0 Å². The third-order valence-corrected chi connectivity index (χ3v) is 3.78. The normalized spacial score (nSPS) is 10.4. The molecule has 1 N–H and O–H groups in total. The van der Waals surface area contributed by atoms with Crippen LogP contribution < -0.4 is 10.1 Å². The molecule has 0 bridgehead atoms. The van der Waals surface area contributed by atoms with E-state index in [1.54, 1.807) is 18.4 Å². The lowest BCUT2D eigenvalue weighted by Crippen LogP contribution is -2.27. The van der Waals surface area contributed by atoms with Gasteiger partial charge in [0.2, 0.25) is 5.91 Å². The number of hydrogen-bond donors (Lipinski definition) is 1. The van der Waals surface area contributed by atoms with Crippen LogP contribution in [0.25, 0.3) is 0 Å². The number of thiazole rings is 1. The molecule has 1 aromatic carbocycles. The molecule has 0 atom stereocenters. The molecule has 0 aliphatic heterocycles. The van der Waals surface area contributed by atoms with Gasteiger partial charge in [0.05, 0.1) is 25.3 Å². The summed E-state index contributed by atoms with van der Waals surface area (Å²) in [5.74, 6) is 0.770. The highest BCUT2D eigenvalue weighted by Gasteiger charge is 2.04. The quantitative estimate of drug-likeness (QED) is 0.771. The third kappa shape index (κ3) is 5.83. The Hall–Kier alpha value is -1.92. The third-order valence-electron chi connectivity index (χ3n) is 2.91. The predicted octanol–water partition coefficient (Wildman–Crippen LogP) is 2.42. The number of rotatable bonds is 9. The van der Waals surface area contributed by atoms with Gasteiger partial charge < -0.3 is 14.8 Å². The average molecular weight is 320 g/mol. The van der Waals surface area contributed by atoms with E-state index in [1.165, 1.54) is 0 Å². The van der Waals surface area contributed by atoms with Crippen LogP contribution in [0.5, 0.6) is 5.75 Å². The molecule has 0 spiro atoms. The maximum atomic E-state index is 11.7. The zero-order valence-electron chi connectivity index (χ0n) is 12.6. The minimum Gasteiger partial charge on any atom is -0.493 e. The number of ether oxygens (including phenoxy) is 2. The van der Waals surface area contributed by atoms with Crippen molar-refractivity contribution in [3.8, 4) is 5.75 Å². The summed E-state index contributed by atoms with van der Waals surface area (Å²) in [5, 5.41) is 5.83. The van der Waals surface area contributed by atoms with Gasteiger partial charge in [0, 0.05) is 25.5 Å². The molecule has 118 valence electrons.